The maximum atomic E-state index is 10.6. The van der Waals surface area contributed by atoms with Crippen molar-refractivity contribution in [2.75, 3.05) is 0 Å². The minimum Gasteiger partial charge on any atom is -0.390 e. The molecule has 0 amide bonds. The molecule has 0 aliphatic heterocycles. The molecule has 0 saturated heterocycles. The second-order valence-corrected chi connectivity index (χ2v) is 7.36. The predicted octanol–water partition coefficient (Wildman–Crippen LogP) is 1.45. The summed E-state index contributed by atoms with van der Waals surface area (Å²) < 4.78 is 0. The first-order chi connectivity index (χ1) is 8.38. The zero-order chi connectivity index (χ0) is 15.1. The molecule has 5 atom stereocenters. The van der Waals surface area contributed by atoms with E-state index in [-0.39, 0.29) is 11.8 Å². The minimum atomic E-state index is -1.15. The van der Waals surface area contributed by atoms with E-state index < -0.39 is 22.9 Å². The molecular formula is C15H30O4. The standard InChI is InChI=1S/C15H30O4/c1-10-11(6-8-14(10,4)18)15(5,19)9-7-12(16)13(2,3)17/h10-12,16-19H,6-9H2,1-5H3. The van der Waals surface area contributed by atoms with Crippen LogP contribution in [0.15, 0.2) is 0 Å². The van der Waals surface area contributed by atoms with Gasteiger partial charge in [0.05, 0.1) is 22.9 Å². The van der Waals surface area contributed by atoms with Crippen LogP contribution in [-0.4, -0.2) is 43.3 Å². The van der Waals surface area contributed by atoms with Crippen LogP contribution < -0.4 is 0 Å². The van der Waals surface area contributed by atoms with Gasteiger partial charge in [0.2, 0.25) is 0 Å². The highest BCUT2D eigenvalue weighted by molar-refractivity contribution is 4.99. The second-order valence-electron chi connectivity index (χ2n) is 7.36. The maximum Gasteiger partial charge on any atom is 0.0849 e. The Hall–Kier alpha value is -0.160. The summed E-state index contributed by atoms with van der Waals surface area (Å²) in [4.78, 5) is 0. The summed E-state index contributed by atoms with van der Waals surface area (Å²) in [6, 6.07) is 0. The first kappa shape index (κ1) is 16.9. The molecule has 0 aromatic carbocycles. The van der Waals surface area contributed by atoms with Gasteiger partial charge in [0.15, 0.2) is 0 Å². The van der Waals surface area contributed by atoms with Crippen molar-refractivity contribution in [1.82, 2.24) is 0 Å². The summed E-state index contributed by atoms with van der Waals surface area (Å²) in [6.07, 6.45) is 1.41. The van der Waals surface area contributed by atoms with Gasteiger partial charge in [-0.25, -0.2) is 0 Å². The molecule has 4 N–H and O–H groups in total. The van der Waals surface area contributed by atoms with Crippen molar-refractivity contribution in [3.8, 4) is 0 Å². The molecule has 0 spiro atoms. The number of hydrogen-bond acceptors (Lipinski definition) is 4. The second kappa shape index (κ2) is 5.32. The normalized spacial score (nSPS) is 37.1. The zero-order valence-electron chi connectivity index (χ0n) is 12.8. The first-order valence-electron chi connectivity index (χ1n) is 7.23. The Kier molecular flexibility index (Phi) is 4.73. The van der Waals surface area contributed by atoms with Crippen LogP contribution in [0, 0.1) is 11.8 Å². The number of aliphatic hydroxyl groups excluding tert-OH is 1. The van der Waals surface area contributed by atoms with E-state index in [0.717, 1.165) is 6.42 Å². The lowest BCUT2D eigenvalue weighted by atomic mass is 9.76. The maximum absolute atomic E-state index is 10.6. The minimum absolute atomic E-state index is 0.0245. The van der Waals surface area contributed by atoms with E-state index in [0.29, 0.717) is 19.3 Å². The van der Waals surface area contributed by atoms with Crippen molar-refractivity contribution < 1.29 is 20.4 Å². The third-order valence-electron chi connectivity index (χ3n) is 5.08. The van der Waals surface area contributed by atoms with Crippen molar-refractivity contribution in [3.63, 3.8) is 0 Å². The summed E-state index contributed by atoms with van der Waals surface area (Å²) in [5, 5.41) is 40.4. The van der Waals surface area contributed by atoms with Gasteiger partial charge in [-0.1, -0.05) is 6.92 Å². The van der Waals surface area contributed by atoms with Gasteiger partial charge in [-0.3, -0.25) is 0 Å². The molecule has 0 aromatic rings. The third-order valence-corrected chi connectivity index (χ3v) is 5.08. The van der Waals surface area contributed by atoms with Crippen LogP contribution in [-0.2, 0) is 0 Å². The van der Waals surface area contributed by atoms with Gasteiger partial charge in [0.1, 0.15) is 0 Å². The lowest BCUT2D eigenvalue weighted by molar-refractivity contribution is -0.0841. The van der Waals surface area contributed by atoms with Gasteiger partial charge in [0, 0.05) is 0 Å². The summed E-state index contributed by atoms with van der Waals surface area (Å²) in [6.45, 7) is 8.69. The van der Waals surface area contributed by atoms with Crippen LogP contribution in [0.25, 0.3) is 0 Å². The molecule has 1 aliphatic carbocycles. The van der Waals surface area contributed by atoms with E-state index >= 15 is 0 Å². The van der Waals surface area contributed by atoms with Crippen molar-refractivity contribution >= 4 is 0 Å². The largest absolute Gasteiger partial charge is 0.390 e. The number of aliphatic hydroxyl groups is 4. The molecule has 1 saturated carbocycles. The fourth-order valence-corrected chi connectivity index (χ4v) is 3.18. The monoisotopic (exact) mass is 274 g/mol. The van der Waals surface area contributed by atoms with Crippen LogP contribution in [0.1, 0.15) is 60.3 Å². The molecule has 114 valence electrons. The van der Waals surface area contributed by atoms with Gasteiger partial charge >= 0.3 is 0 Å². The molecule has 1 rings (SSSR count). The van der Waals surface area contributed by atoms with Gasteiger partial charge in [0.25, 0.3) is 0 Å². The Labute approximate surface area is 116 Å². The van der Waals surface area contributed by atoms with Crippen molar-refractivity contribution in [2.45, 2.75) is 83.2 Å². The van der Waals surface area contributed by atoms with Gasteiger partial charge < -0.3 is 20.4 Å². The van der Waals surface area contributed by atoms with E-state index in [2.05, 4.69) is 0 Å². The number of rotatable bonds is 5. The van der Waals surface area contributed by atoms with Gasteiger partial charge in [-0.05, 0) is 65.2 Å². The van der Waals surface area contributed by atoms with E-state index in [9.17, 15) is 20.4 Å². The summed E-state index contributed by atoms with van der Waals surface area (Å²) in [7, 11) is 0. The van der Waals surface area contributed by atoms with Crippen molar-refractivity contribution in [3.05, 3.63) is 0 Å². The Morgan fingerprint density at radius 3 is 2.16 bits per heavy atom. The fourth-order valence-electron chi connectivity index (χ4n) is 3.18. The third kappa shape index (κ3) is 3.91. The Bertz CT molecular complexity index is 304. The molecule has 0 aromatic heterocycles. The molecule has 4 heteroatoms. The Morgan fingerprint density at radius 2 is 1.79 bits per heavy atom. The summed E-state index contributed by atoms with van der Waals surface area (Å²) >= 11 is 0. The first-order valence-corrected chi connectivity index (χ1v) is 7.23. The van der Waals surface area contributed by atoms with Crippen LogP contribution in [0.4, 0.5) is 0 Å². The zero-order valence-corrected chi connectivity index (χ0v) is 12.8. The molecule has 4 nitrogen and oxygen atoms in total. The lowest BCUT2D eigenvalue weighted by Gasteiger charge is -2.37. The SMILES string of the molecule is CC1C(C(C)(O)CCC(O)C(C)(C)O)CCC1(C)O. The molecule has 19 heavy (non-hydrogen) atoms. The van der Waals surface area contributed by atoms with Crippen molar-refractivity contribution in [2.24, 2.45) is 11.8 Å². The van der Waals surface area contributed by atoms with E-state index in [1.165, 1.54) is 0 Å². The Balaban J connectivity index is 2.62. The lowest BCUT2D eigenvalue weighted by Crippen LogP contribution is -2.43. The topological polar surface area (TPSA) is 80.9 Å². The summed E-state index contributed by atoms with van der Waals surface area (Å²) in [5.41, 5.74) is -2.79. The molecule has 1 fully saturated rings. The van der Waals surface area contributed by atoms with Gasteiger partial charge in [-0.2, -0.15) is 0 Å². The van der Waals surface area contributed by atoms with E-state index in [1.807, 2.05) is 13.8 Å². The molecule has 0 bridgehead atoms. The quantitative estimate of drug-likeness (QED) is 0.611. The Morgan fingerprint density at radius 1 is 1.26 bits per heavy atom. The highest BCUT2D eigenvalue weighted by Gasteiger charge is 2.48. The van der Waals surface area contributed by atoms with Crippen molar-refractivity contribution in [1.29, 1.82) is 0 Å². The average Bonchev–Trinajstić information content (AvgIpc) is 2.50. The average molecular weight is 274 g/mol. The van der Waals surface area contributed by atoms with Crippen LogP contribution in [0.5, 0.6) is 0 Å². The molecule has 0 heterocycles. The molecule has 0 radical (unpaired) electrons. The van der Waals surface area contributed by atoms with Crippen LogP contribution in [0.2, 0.25) is 0 Å². The van der Waals surface area contributed by atoms with Crippen LogP contribution >= 0.6 is 0 Å². The molecule has 1 aliphatic rings. The van der Waals surface area contributed by atoms with Crippen LogP contribution in [0.3, 0.4) is 0 Å². The predicted molar refractivity (Wildman–Crippen MR) is 74.7 cm³/mol. The number of hydrogen-bond donors (Lipinski definition) is 4. The highest BCUT2D eigenvalue weighted by atomic mass is 16.3. The van der Waals surface area contributed by atoms with Gasteiger partial charge in [-0.15, -0.1) is 0 Å². The highest BCUT2D eigenvalue weighted by Crippen LogP contribution is 2.46. The molecule has 5 unspecified atom stereocenters. The summed E-state index contributed by atoms with van der Waals surface area (Å²) in [5.74, 6) is 0.0540. The van der Waals surface area contributed by atoms with E-state index in [1.54, 1.807) is 20.8 Å². The fraction of sp³-hybridized carbons (Fsp3) is 1.00. The molecular weight excluding hydrogens is 244 g/mol. The smallest absolute Gasteiger partial charge is 0.0849 e. The van der Waals surface area contributed by atoms with E-state index in [4.69, 9.17) is 0 Å².